The number of nitrogens with zero attached hydrogens (tertiary/aromatic N) is 2. The summed E-state index contributed by atoms with van der Waals surface area (Å²) < 4.78 is 5.84. The first-order valence-corrected chi connectivity index (χ1v) is 9.08. The molecule has 3 N–H and O–H groups in total. The first-order valence-electron chi connectivity index (χ1n) is 9.08. The van der Waals surface area contributed by atoms with Crippen LogP contribution in [0.5, 0.6) is 5.75 Å². The summed E-state index contributed by atoms with van der Waals surface area (Å²) in [7, 11) is 0. The normalized spacial score (nSPS) is 14.8. The van der Waals surface area contributed by atoms with Gasteiger partial charge in [0.1, 0.15) is 12.3 Å². The van der Waals surface area contributed by atoms with E-state index in [1.807, 2.05) is 6.07 Å². The van der Waals surface area contributed by atoms with Crippen molar-refractivity contribution in [3.05, 3.63) is 36.0 Å². The molecule has 0 saturated carbocycles. The van der Waals surface area contributed by atoms with Crippen LogP contribution in [-0.4, -0.2) is 72.7 Å². The van der Waals surface area contributed by atoms with Gasteiger partial charge in [0, 0.05) is 44.3 Å². The number of pyridine rings is 1. The molecule has 0 aliphatic carbocycles. The molecule has 1 saturated heterocycles. The second kappa shape index (κ2) is 9.29. The Kier molecular flexibility index (Phi) is 6.56. The van der Waals surface area contributed by atoms with Crippen LogP contribution in [-0.2, 0) is 4.79 Å². The predicted molar refractivity (Wildman–Crippen MR) is 101 cm³/mol. The van der Waals surface area contributed by atoms with E-state index < -0.39 is 18.4 Å². The molecule has 1 aliphatic rings. The summed E-state index contributed by atoms with van der Waals surface area (Å²) in [6.45, 7) is 5.37. The zero-order valence-electron chi connectivity index (χ0n) is 15.1. The van der Waals surface area contributed by atoms with Crippen LogP contribution in [0, 0.1) is 0 Å². The number of aliphatic carboxylic acids is 1. The lowest BCUT2D eigenvalue weighted by Crippen LogP contribution is -2.43. The van der Waals surface area contributed by atoms with Gasteiger partial charge in [-0.25, -0.2) is 0 Å². The molecule has 27 heavy (non-hydrogen) atoms. The molecule has 0 bridgehead atoms. The minimum absolute atomic E-state index is 0.382. The lowest BCUT2D eigenvalue weighted by atomic mass is 10.1. The van der Waals surface area contributed by atoms with Crippen molar-refractivity contribution in [2.75, 3.05) is 45.9 Å². The van der Waals surface area contributed by atoms with E-state index in [9.17, 15) is 9.59 Å². The number of carboxylic acids is 1. The van der Waals surface area contributed by atoms with Crippen LogP contribution >= 0.6 is 0 Å². The largest absolute Gasteiger partial charge is 0.494 e. The van der Waals surface area contributed by atoms with Gasteiger partial charge in [0.15, 0.2) is 0 Å². The van der Waals surface area contributed by atoms with Gasteiger partial charge in [-0.15, -0.1) is 0 Å². The Morgan fingerprint density at radius 2 is 2.07 bits per heavy atom. The highest BCUT2D eigenvalue weighted by atomic mass is 16.5. The number of aromatic nitrogens is 1. The van der Waals surface area contributed by atoms with E-state index in [2.05, 4.69) is 20.5 Å². The van der Waals surface area contributed by atoms with Gasteiger partial charge in [-0.3, -0.25) is 14.6 Å². The molecule has 3 rings (SSSR count). The molecule has 0 unspecified atom stereocenters. The number of hydrogen-bond acceptors (Lipinski definition) is 6. The van der Waals surface area contributed by atoms with E-state index in [0.717, 1.165) is 39.1 Å². The molecule has 0 radical (unpaired) electrons. The first-order chi connectivity index (χ1) is 13.1. The van der Waals surface area contributed by atoms with Crippen molar-refractivity contribution >= 4 is 22.8 Å². The number of fused-ring (bicyclic) bond motifs is 1. The van der Waals surface area contributed by atoms with Gasteiger partial charge in [-0.1, -0.05) is 0 Å². The second-order valence-corrected chi connectivity index (χ2v) is 6.41. The Morgan fingerprint density at radius 1 is 1.26 bits per heavy atom. The summed E-state index contributed by atoms with van der Waals surface area (Å²) >= 11 is 0. The molecule has 1 aliphatic heterocycles. The van der Waals surface area contributed by atoms with Crippen molar-refractivity contribution in [1.82, 2.24) is 20.5 Å². The van der Waals surface area contributed by atoms with E-state index in [1.165, 1.54) is 6.20 Å². The zero-order chi connectivity index (χ0) is 19.1. The Hall–Kier alpha value is -2.71. The second-order valence-electron chi connectivity index (χ2n) is 6.41. The Bertz CT molecular complexity index is 805. The maximum atomic E-state index is 12.3. The fourth-order valence-corrected chi connectivity index (χ4v) is 3.08. The zero-order valence-corrected chi connectivity index (χ0v) is 15.1. The summed E-state index contributed by atoms with van der Waals surface area (Å²) in [6, 6.07) is 6.99. The number of benzene rings is 1. The molecule has 8 nitrogen and oxygen atoms in total. The van der Waals surface area contributed by atoms with E-state index in [-0.39, 0.29) is 0 Å². The Labute approximate surface area is 157 Å². The minimum Gasteiger partial charge on any atom is -0.494 e. The number of rotatable bonds is 8. The molecule has 144 valence electrons. The fourth-order valence-electron chi connectivity index (χ4n) is 3.08. The summed E-state index contributed by atoms with van der Waals surface area (Å²) in [5, 5.41) is 15.1. The molecule has 1 amide bonds. The van der Waals surface area contributed by atoms with E-state index in [0.29, 0.717) is 28.8 Å². The van der Waals surface area contributed by atoms with E-state index >= 15 is 0 Å². The van der Waals surface area contributed by atoms with Crippen molar-refractivity contribution in [2.24, 2.45) is 0 Å². The number of piperazine rings is 1. The molecule has 1 fully saturated rings. The third kappa shape index (κ3) is 5.38. The maximum absolute atomic E-state index is 12.3. The fraction of sp³-hybridized carbons (Fsp3) is 0.421. The van der Waals surface area contributed by atoms with Crippen LogP contribution in [0.15, 0.2) is 30.5 Å². The molecule has 1 aromatic heterocycles. The third-order valence-electron chi connectivity index (χ3n) is 4.45. The SMILES string of the molecule is O=C(O)CNC(=O)c1ccnc2ccc(OCCCN3CCNCC3)cc12. The molecule has 2 aromatic rings. The number of amides is 1. The predicted octanol–water partition coefficient (Wildman–Crippen LogP) is 0.723. The lowest BCUT2D eigenvalue weighted by Gasteiger charge is -2.26. The smallest absolute Gasteiger partial charge is 0.322 e. The number of carbonyl (C=O) groups excluding carboxylic acids is 1. The number of nitrogens with one attached hydrogen (secondary N) is 2. The molecular formula is C19H24N4O4. The molecule has 1 aromatic carbocycles. The van der Waals surface area contributed by atoms with Crippen LogP contribution in [0.3, 0.4) is 0 Å². The topological polar surface area (TPSA) is 104 Å². The highest BCUT2D eigenvalue weighted by Crippen LogP contribution is 2.23. The average Bonchev–Trinajstić information content (AvgIpc) is 2.69. The van der Waals surface area contributed by atoms with Crippen LogP contribution in [0.2, 0.25) is 0 Å². The van der Waals surface area contributed by atoms with Gasteiger partial charge in [0.25, 0.3) is 5.91 Å². The summed E-state index contributed by atoms with van der Waals surface area (Å²) in [4.78, 5) is 29.6. The lowest BCUT2D eigenvalue weighted by molar-refractivity contribution is -0.135. The van der Waals surface area contributed by atoms with Crippen molar-refractivity contribution in [1.29, 1.82) is 0 Å². The van der Waals surface area contributed by atoms with Crippen LogP contribution in [0.4, 0.5) is 0 Å². The van der Waals surface area contributed by atoms with Gasteiger partial charge in [-0.05, 0) is 30.7 Å². The van der Waals surface area contributed by atoms with Crippen molar-refractivity contribution < 1.29 is 19.4 Å². The molecule has 0 spiro atoms. The summed E-state index contributed by atoms with van der Waals surface area (Å²) in [6.07, 6.45) is 2.46. The maximum Gasteiger partial charge on any atom is 0.322 e. The number of carbonyl (C=O) groups is 2. The monoisotopic (exact) mass is 372 g/mol. The Balaban J connectivity index is 1.62. The van der Waals surface area contributed by atoms with Crippen LogP contribution in [0.25, 0.3) is 10.9 Å². The Morgan fingerprint density at radius 3 is 2.85 bits per heavy atom. The van der Waals surface area contributed by atoms with E-state index in [1.54, 1.807) is 18.2 Å². The van der Waals surface area contributed by atoms with Crippen molar-refractivity contribution in [3.63, 3.8) is 0 Å². The highest BCUT2D eigenvalue weighted by Gasteiger charge is 2.13. The third-order valence-corrected chi connectivity index (χ3v) is 4.45. The van der Waals surface area contributed by atoms with Gasteiger partial charge in [0.2, 0.25) is 0 Å². The van der Waals surface area contributed by atoms with Gasteiger partial charge in [0.05, 0.1) is 17.7 Å². The van der Waals surface area contributed by atoms with Crippen molar-refractivity contribution in [3.8, 4) is 5.75 Å². The summed E-state index contributed by atoms with van der Waals surface area (Å²) in [5.41, 5.74) is 1.04. The summed E-state index contributed by atoms with van der Waals surface area (Å²) in [5.74, 6) is -0.862. The molecule has 0 atom stereocenters. The standard InChI is InChI=1S/C19H24N4O4/c24-18(25)13-22-19(26)15-4-5-21-17-3-2-14(12-16(15)17)27-11-1-8-23-9-6-20-7-10-23/h2-5,12,20H,1,6-11,13H2,(H,22,26)(H,24,25). The average molecular weight is 372 g/mol. The number of ether oxygens (including phenoxy) is 1. The van der Waals surface area contributed by atoms with Gasteiger partial charge in [-0.2, -0.15) is 0 Å². The number of carboxylic acid groups (broad SMARTS) is 1. The molecule has 2 heterocycles. The molecule has 8 heteroatoms. The van der Waals surface area contributed by atoms with Gasteiger partial charge < -0.3 is 25.4 Å². The minimum atomic E-state index is -1.09. The van der Waals surface area contributed by atoms with Crippen LogP contribution in [0.1, 0.15) is 16.8 Å². The number of hydrogen-bond donors (Lipinski definition) is 3. The molecular weight excluding hydrogens is 348 g/mol. The first kappa shape index (κ1) is 19.1. The van der Waals surface area contributed by atoms with Gasteiger partial charge >= 0.3 is 5.97 Å². The van der Waals surface area contributed by atoms with Crippen LogP contribution < -0.4 is 15.4 Å². The quantitative estimate of drug-likeness (QED) is 0.587. The highest BCUT2D eigenvalue weighted by molar-refractivity contribution is 6.06. The van der Waals surface area contributed by atoms with Crippen molar-refractivity contribution in [2.45, 2.75) is 6.42 Å². The van der Waals surface area contributed by atoms with E-state index in [4.69, 9.17) is 9.84 Å².